The van der Waals surface area contributed by atoms with E-state index in [1.165, 1.54) is 6.92 Å². The molecule has 0 aliphatic rings. The van der Waals surface area contributed by atoms with Crippen molar-refractivity contribution in [2.75, 3.05) is 13.6 Å². The van der Waals surface area contributed by atoms with Gasteiger partial charge < -0.3 is 10.6 Å². The molecule has 0 aromatic heterocycles. The summed E-state index contributed by atoms with van der Waals surface area (Å²) in [6.07, 6.45) is 1.01. The van der Waals surface area contributed by atoms with Gasteiger partial charge in [-0.3, -0.25) is 9.59 Å². The average molecular weight is 258 g/mol. The molecule has 0 heterocycles. The van der Waals surface area contributed by atoms with Crippen LogP contribution in [-0.2, 0) is 16.0 Å². The van der Waals surface area contributed by atoms with Crippen LogP contribution < -0.4 is 10.6 Å². The molecule has 1 rings (SSSR count). The molecule has 19 heavy (non-hydrogen) atoms. The summed E-state index contributed by atoms with van der Waals surface area (Å²) in [6, 6.07) is 7.58. The summed E-state index contributed by atoms with van der Waals surface area (Å²) in [5, 5.41) is 5.27. The molecule has 1 aromatic rings. The summed E-state index contributed by atoms with van der Waals surface area (Å²) in [4.78, 5) is 21.8. The van der Waals surface area contributed by atoms with Gasteiger partial charge in [0.2, 0.25) is 11.8 Å². The van der Waals surface area contributed by atoms with Gasteiger partial charge in [0, 0.05) is 32.5 Å². The lowest BCUT2D eigenvalue weighted by molar-refractivity contribution is -0.120. The fourth-order valence-electron chi connectivity index (χ4n) is 1.45. The highest BCUT2D eigenvalue weighted by Crippen LogP contribution is 2.04. The quantitative estimate of drug-likeness (QED) is 0.621. The second-order valence-electron chi connectivity index (χ2n) is 4.08. The summed E-state index contributed by atoms with van der Waals surface area (Å²) in [5.74, 6) is 5.95. The molecule has 0 spiro atoms. The number of benzene rings is 1. The topological polar surface area (TPSA) is 58.2 Å². The molecule has 4 heteroatoms. The molecule has 4 nitrogen and oxygen atoms in total. The third-order valence-corrected chi connectivity index (χ3v) is 2.45. The smallest absolute Gasteiger partial charge is 0.224 e. The number of hydrogen-bond donors (Lipinski definition) is 2. The molecule has 0 aliphatic heterocycles. The molecule has 0 unspecified atom stereocenters. The fourth-order valence-corrected chi connectivity index (χ4v) is 1.45. The Hall–Kier alpha value is -2.28. The summed E-state index contributed by atoms with van der Waals surface area (Å²) in [7, 11) is 1.62. The number of likely N-dealkylation sites (N-methyl/N-ethyl adjacent to an activating group) is 1. The first-order chi connectivity index (χ1) is 9.11. The molecule has 0 bridgehead atoms. The fraction of sp³-hybridized carbons (Fsp3) is 0.333. The highest BCUT2D eigenvalue weighted by Gasteiger charge is 1.99. The minimum Gasteiger partial charge on any atom is -0.359 e. The molecule has 0 fully saturated rings. The lowest BCUT2D eigenvalue weighted by Gasteiger charge is -2.00. The highest BCUT2D eigenvalue weighted by atomic mass is 16.2. The molecule has 2 amide bonds. The van der Waals surface area contributed by atoms with Crippen LogP contribution in [0.4, 0.5) is 0 Å². The van der Waals surface area contributed by atoms with E-state index in [1.807, 2.05) is 24.3 Å². The maximum Gasteiger partial charge on any atom is 0.224 e. The minimum atomic E-state index is -0.0413. The van der Waals surface area contributed by atoms with Crippen molar-refractivity contribution in [1.29, 1.82) is 0 Å². The maximum absolute atomic E-state index is 11.2. The Balaban J connectivity index is 2.46. The van der Waals surface area contributed by atoms with Crippen LogP contribution in [-0.4, -0.2) is 25.4 Å². The third-order valence-electron chi connectivity index (χ3n) is 2.45. The molecular weight excluding hydrogens is 240 g/mol. The van der Waals surface area contributed by atoms with Crippen molar-refractivity contribution >= 4 is 11.8 Å². The summed E-state index contributed by atoms with van der Waals surface area (Å²) < 4.78 is 0. The monoisotopic (exact) mass is 258 g/mol. The molecule has 1 aromatic carbocycles. The van der Waals surface area contributed by atoms with E-state index in [4.69, 9.17) is 0 Å². The Morgan fingerprint density at radius 3 is 2.47 bits per heavy atom. The van der Waals surface area contributed by atoms with Gasteiger partial charge in [0.15, 0.2) is 0 Å². The first-order valence-electron chi connectivity index (χ1n) is 6.14. The van der Waals surface area contributed by atoms with Crippen LogP contribution in [0.2, 0.25) is 0 Å². The molecule has 0 saturated carbocycles. The van der Waals surface area contributed by atoms with Crippen molar-refractivity contribution in [3.05, 3.63) is 35.4 Å². The molecular formula is C15H18N2O2. The molecule has 0 aliphatic carbocycles. The van der Waals surface area contributed by atoms with Crippen LogP contribution in [0.5, 0.6) is 0 Å². The maximum atomic E-state index is 11.2. The zero-order valence-corrected chi connectivity index (χ0v) is 11.2. The van der Waals surface area contributed by atoms with Crippen molar-refractivity contribution in [3.8, 4) is 11.8 Å². The van der Waals surface area contributed by atoms with Gasteiger partial charge in [0.25, 0.3) is 0 Å². The summed E-state index contributed by atoms with van der Waals surface area (Å²) in [6.45, 7) is 2.05. The van der Waals surface area contributed by atoms with Gasteiger partial charge in [-0.2, -0.15) is 0 Å². The second kappa shape index (κ2) is 7.93. The van der Waals surface area contributed by atoms with Gasteiger partial charge in [0.05, 0.1) is 6.42 Å². The van der Waals surface area contributed by atoms with E-state index < -0.39 is 0 Å². The highest BCUT2D eigenvalue weighted by molar-refractivity contribution is 5.78. The van der Waals surface area contributed by atoms with E-state index >= 15 is 0 Å². The number of rotatable bonds is 4. The largest absolute Gasteiger partial charge is 0.359 e. The van der Waals surface area contributed by atoms with E-state index in [0.29, 0.717) is 19.4 Å². The van der Waals surface area contributed by atoms with Crippen LogP contribution in [0.1, 0.15) is 24.5 Å². The first kappa shape index (κ1) is 14.8. The van der Waals surface area contributed by atoms with Gasteiger partial charge in [-0.25, -0.2) is 0 Å². The zero-order valence-electron chi connectivity index (χ0n) is 11.2. The number of carbonyl (C=O) groups is 2. The average Bonchev–Trinajstić information content (AvgIpc) is 2.39. The summed E-state index contributed by atoms with van der Waals surface area (Å²) >= 11 is 0. The Morgan fingerprint density at radius 2 is 1.89 bits per heavy atom. The number of nitrogens with one attached hydrogen (secondary N) is 2. The molecule has 0 saturated heterocycles. The van der Waals surface area contributed by atoms with Crippen LogP contribution >= 0.6 is 0 Å². The molecule has 100 valence electrons. The molecule has 2 N–H and O–H groups in total. The lowest BCUT2D eigenvalue weighted by atomic mass is 10.1. The standard InChI is InChI=1S/C15H18N2O2/c1-12(18)17-10-4-3-5-13-6-8-14(9-7-13)11-15(19)16-2/h6-9H,4,10-11H2,1-2H3,(H,16,19)(H,17,18). The SMILES string of the molecule is CNC(=O)Cc1ccc(C#CCCNC(C)=O)cc1. The normalized spacial score (nSPS) is 9.16. The third kappa shape index (κ3) is 6.27. The summed E-state index contributed by atoms with van der Waals surface area (Å²) in [5.41, 5.74) is 1.87. The van der Waals surface area contributed by atoms with Gasteiger partial charge in [-0.15, -0.1) is 0 Å². The first-order valence-corrected chi connectivity index (χ1v) is 6.14. The van der Waals surface area contributed by atoms with E-state index in [1.54, 1.807) is 7.05 Å². The van der Waals surface area contributed by atoms with Gasteiger partial charge >= 0.3 is 0 Å². The van der Waals surface area contributed by atoms with Gasteiger partial charge in [-0.1, -0.05) is 24.0 Å². The van der Waals surface area contributed by atoms with E-state index in [-0.39, 0.29) is 11.8 Å². The van der Waals surface area contributed by atoms with Crippen LogP contribution in [0.25, 0.3) is 0 Å². The Bertz CT molecular complexity index is 495. The second-order valence-corrected chi connectivity index (χ2v) is 4.08. The van der Waals surface area contributed by atoms with Gasteiger partial charge in [0.1, 0.15) is 0 Å². The Morgan fingerprint density at radius 1 is 1.21 bits per heavy atom. The predicted octanol–water partition coefficient (Wildman–Crippen LogP) is 0.853. The number of amides is 2. The van der Waals surface area contributed by atoms with Crippen LogP contribution in [0, 0.1) is 11.8 Å². The minimum absolute atomic E-state index is 0.00542. The number of hydrogen-bond acceptors (Lipinski definition) is 2. The number of carbonyl (C=O) groups excluding carboxylic acids is 2. The van der Waals surface area contributed by atoms with Crippen molar-refractivity contribution in [1.82, 2.24) is 10.6 Å². The van der Waals surface area contributed by atoms with E-state index in [0.717, 1.165) is 11.1 Å². The Labute approximate surface area is 113 Å². The Kier molecular flexibility index (Phi) is 6.17. The van der Waals surface area contributed by atoms with Crippen LogP contribution in [0.3, 0.4) is 0 Å². The van der Waals surface area contributed by atoms with Gasteiger partial charge in [-0.05, 0) is 17.7 Å². The van der Waals surface area contributed by atoms with E-state index in [9.17, 15) is 9.59 Å². The van der Waals surface area contributed by atoms with Crippen molar-refractivity contribution in [2.24, 2.45) is 0 Å². The lowest BCUT2D eigenvalue weighted by Crippen LogP contribution is -2.20. The molecule has 0 radical (unpaired) electrons. The van der Waals surface area contributed by atoms with E-state index in [2.05, 4.69) is 22.5 Å². The van der Waals surface area contributed by atoms with Crippen molar-refractivity contribution in [2.45, 2.75) is 19.8 Å². The predicted molar refractivity (Wildman–Crippen MR) is 74.4 cm³/mol. The van der Waals surface area contributed by atoms with Crippen molar-refractivity contribution in [3.63, 3.8) is 0 Å². The van der Waals surface area contributed by atoms with Crippen LogP contribution in [0.15, 0.2) is 24.3 Å². The molecule has 0 atom stereocenters. The van der Waals surface area contributed by atoms with Crippen molar-refractivity contribution < 1.29 is 9.59 Å². The zero-order chi connectivity index (χ0) is 14.1.